The Morgan fingerprint density at radius 2 is 1.88 bits per heavy atom. The topological polar surface area (TPSA) is 89.3 Å². The third-order valence-corrected chi connectivity index (χ3v) is 2.81. The highest BCUT2D eigenvalue weighted by Gasteiger charge is 2.35. The van der Waals surface area contributed by atoms with Gasteiger partial charge in [-0.1, -0.05) is 42.5 Å². The first-order chi connectivity index (χ1) is 8.00. The Balaban J connectivity index is 2.39. The minimum atomic E-state index is -1.33. The Bertz CT molecular complexity index is 489. The fraction of sp³-hybridized carbons (Fsp3) is 0.154. The lowest BCUT2D eigenvalue weighted by molar-refractivity contribution is -0.141. The smallest absolute Gasteiger partial charge is 0.314 e. The van der Waals surface area contributed by atoms with Crippen molar-refractivity contribution in [3.63, 3.8) is 0 Å². The summed E-state index contributed by atoms with van der Waals surface area (Å²) in [6, 6.07) is 9.52. The third kappa shape index (κ3) is 2.27. The Morgan fingerprint density at radius 3 is 2.47 bits per heavy atom. The van der Waals surface area contributed by atoms with E-state index < -0.39 is 17.6 Å². The average molecular weight is 230 g/mol. The maximum absolute atomic E-state index is 11.1. The molecule has 0 spiro atoms. The Hall–Kier alpha value is -1.91. The Kier molecular flexibility index (Phi) is 2.83. The molecule has 1 aliphatic rings. The SMILES string of the molecule is NC1(N)C=CC(c2ccccc2)=CC1C(=O)O. The molecule has 1 aliphatic carbocycles. The van der Waals surface area contributed by atoms with Crippen molar-refractivity contribution in [3.8, 4) is 0 Å². The van der Waals surface area contributed by atoms with Crippen molar-refractivity contribution in [3.05, 3.63) is 54.1 Å². The molecule has 0 aromatic heterocycles. The summed E-state index contributed by atoms with van der Waals surface area (Å²) >= 11 is 0. The summed E-state index contributed by atoms with van der Waals surface area (Å²) in [7, 11) is 0. The summed E-state index contributed by atoms with van der Waals surface area (Å²) in [4.78, 5) is 11.1. The van der Waals surface area contributed by atoms with Crippen LogP contribution in [0.3, 0.4) is 0 Å². The van der Waals surface area contributed by atoms with Crippen LogP contribution in [-0.4, -0.2) is 16.7 Å². The van der Waals surface area contributed by atoms with Gasteiger partial charge >= 0.3 is 5.97 Å². The van der Waals surface area contributed by atoms with Crippen LogP contribution < -0.4 is 11.5 Å². The molecule has 0 aliphatic heterocycles. The number of hydrogen-bond acceptors (Lipinski definition) is 3. The third-order valence-electron chi connectivity index (χ3n) is 2.81. The van der Waals surface area contributed by atoms with Crippen LogP contribution in [0.5, 0.6) is 0 Å². The molecule has 5 N–H and O–H groups in total. The van der Waals surface area contributed by atoms with Crippen LogP contribution in [0.25, 0.3) is 5.57 Å². The summed E-state index contributed by atoms with van der Waals surface area (Å²) in [6.07, 6.45) is 4.89. The summed E-state index contributed by atoms with van der Waals surface area (Å²) in [5, 5.41) is 9.10. The second-order valence-electron chi connectivity index (χ2n) is 4.14. The monoisotopic (exact) mass is 230 g/mol. The summed E-state index contributed by atoms with van der Waals surface area (Å²) in [6.45, 7) is 0. The molecular formula is C13H14N2O2. The maximum atomic E-state index is 11.1. The number of rotatable bonds is 2. The predicted octanol–water partition coefficient (Wildman–Crippen LogP) is 0.954. The first-order valence-electron chi connectivity index (χ1n) is 5.28. The van der Waals surface area contributed by atoms with Gasteiger partial charge in [-0.25, -0.2) is 0 Å². The molecular weight excluding hydrogens is 216 g/mol. The van der Waals surface area contributed by atoms with Gasteiger partial charge in [0.15, 0.2) is 0 Å². The fourth-order valence-electron chi connectivity index (χ4n) is 1.83. The number of hydrogen-bond donors (Lipinski definition) is 3. The van der Waals surface area contributed by atoms with Gasteiger partial charge in [0.05, 0.1) is 0 Å². The zero-order valence-corrected chi connectivity index (χ0v) is 9.21. The predicted molar refractivity (Wildman–Crippen MR) is 65.8 cm³/mol. The number of aliphatic carboxylic acids is 1. The molecule has 17 heavy (non-hydrogen) atoms. The highest BCUT2D eigenvalue weighted by atomic mass is 16.4. The van der Waals surface area contributed by atoms with E-state index in [0.717, 1.165) is 11.1 Å². The van der Waals surface area contributed by atoms with E-state index in [1.54, 1.807) is 12.2 Å². The van der Waals surface area contributed by atoms with Crippen LogP contribution in [0.4, 0.5) is 0 Å². The molecule has 2 rings (SSSR count). The molecule has 0 amide bonds. The van der Waals surface area contributed by atoms with E-state index in [4.69, 9.17) is 16.6 Å². The molecule has 0 fully saturated rings. The second-order valence-corrected chi connectivity index (χ2v) is 4.14. The van der Waals surface area contributed by atoms with Crippen LogP contribution in [0.2, 0.25) is 0 Å². The van der Waals surface area contributed by atoms with Crippen molar-refractivity contribution in [1.29, 1.82) is 0 Å². The number of carboxylic acids is 1. The normalized spacial score (nSPS) is 22.0. The quantitative estimate of drug-likeness (QED) is 0.660. The van der Waals surface area contributed by atoms with Crippen molar-refractivity contribution >= 4 is 11.5 Å². The van der Waals surface area contributed by atoms with Crippen molar-refractivity contribution < 1.29 is 9.90 Å². The zero-order chi connectivity index (χ0) is 12.5. The minimum absolute atomic E-state index is 0.824. The first kappa shape index (κ1) is 11.6. The van der Waals surface area contributed by atoms with Gasteiger partial charge in [-0.15, -0.1) is 0 Å². The Labute approximate surface area is 99.2 Å². The van der Waals surface area contributed by atoms with Crippen molar-refractivity contribution in [2.75, 3.05) is 0 Å². The highest BCUT2D eigenvalue weighted by molar-refractivity contribution is 5.84. The van der Waals surface area contributed by atoms with Gasteiger partial charge in [0.1, 0.15) is 11.6 Å². The fourth-order valence-corrected chi connectivity index (χ4v) is 1.83. The summed E-state index contributed by atoms with van der Waals surface area (Å²) < 4.78 is 0. The number of benzene rings is 1. The molecule has 1 unspecified atom stereocenters. The van der Waals surface area contributed by atoms with Crippen LogP contribution in [0.1, 0.15) is 5.56 Å². The first-order valence-corrected chi connectivity index (χ1v) is 5.28. The number of carboxylic acid groups (broad SMARTS) is 1. The molecule has 0 saturated heterocycles. The van der Waals surface area contributed by atoms with Gasteiger partial charge in [-0.2, -0.15) is 0 Å². The van der Waals surface area contributed by atoms with Crippen LogP contribution in [0, 0.1) is 5.92 Å². The van der Waals surface area contributed by atoms with Gasteiger partial charge in [0.25, 0.3) is 0 Å². The molecule has 1 aromatic rings. The van der Waals surface area contributed by atoms with E-state index in [1.807, 2.05) is 30.3 Å². The van der Waals surface area contributed by atoms with E-state index in [1.165, 1.54) is 6.08 Å². The van der Waals surface area contributed by atoms with E-state index in [9.17, 15) is 4.79 Å². The highest BCUT2D eigenvalue weighted by Crippen LogP contribution is 2.27. The largest absolute Gasteiger partial charge is 0.481 e. The van der Waals surface area contributed by atoms with Gasteiger partial charge in [-0.3, -0.25) is 4.79 Å². The van der Waals surface area contributed by atoms with E-state index in [2.05, 4.69) is 0 Å². The summed E-state index contributed by atoms with van der Waals surface area (Å²) in [5.74, 6) is -1.93. The molecule has 1 atom stereocenters. The van der Waals surface area contributed by atoms with Gasteiger partial charge in [0, 0.05) is 0 Å². The molecule has 4 heteroatoms. The van der Waals surface area contributed by atoms with Crippen molar-refractivity contribution in [1.82, 2.24) is 0 Å². The van der Waals surface area contributed by atoms with Gasteiger partial charge in [0.2, 0.25) is 0 Å². The second kappa shape index (κ2) is 4.16. The molecule has 0 bridgehead atoms. The minimum Gasteiger partial charge on any atom is -0.481 e. The van der Waals surface area contributed by atoms with Crippen molar-refractivity contribution in [2.45, 2.75) is 5.66 Å². The lowest BCUT2D eigenvalue weighted by atomic mass is 9.85. The molecule has 0 heterocycles. The maximum Gasteiger partial charge on any atom is 0.314 e. The molecule has 0 saturated carbocycles. The van der Waals surface area contributed by atoms with E-state index in [0.29, 0.717) is 0 Å². The molecule has 88 valence electrons. The molecule has 4 nitrogen and oxygen atoms in total. The number of carbonyl (C=O) groups is 1. The average Bonchev–Trinajstić information content (AvgIpc) is 2.29. The zero-order valence-electron chi connectivity index (χ0n) is 9.21. The number of allylic oxidation sites excluding steroid dienone is 2. The van der Waals surface area contributed by atoms with Crippen LogP contribution >= 0.6 is 0 Å². The molecule has 1 aromatic carbocycles. The van der Waals surface area contributed by atoms with Gasteiger partial charge < -0.3 is 16.6 Å². The Morgan fingerprint density at radius 1 is 1.24 bits per heavy atom. The van der Waals surface area contributed by atoms with E-state index >= 15 is 0 Å². The van der Waals surface area contributed by atoms with Gasteiger partial charge in [-0.05, 0) is 17.2 Å². The number of nitrogens with two attached hydrogens (primary N) is 2. The molecule has 0 radical (unpaired) electrons. The standard InChI is InChI=1S/C13H14N2O2/c14-13(15)7-6-10(8-11(13)12(16)17)9-4-2-1-3-5-9/h1-8,11H,14-15H2,(H,16,17). The van der Waals surface area contributed by atoms with Crippen molar-refractivity contribution in [2.24, 2.45) is 17.4 Å². The van der Waals surface area contributed by atoms with E-state index in [-0.39, 0.29) is 0 Å². The van der Waals surface area contributed by atoms with Crippen LogP contribution in [-0.2, 0) is 4.79 Å². The van der Waals surface area contributed by atoms with Crippen LogP contribution in [0.15, 0.2) is 48.6 Å². The lowest BCUT2D eigenvalue weighted by Gasteiger charge is -2.29. The summed E-state index contributed by atoms with van der Waals surface area (Å²) in [5.41, 5.74) is 11.9. The lowest BCUT2D eigenvalue weighted by Crippen LogP contribution is -2.56.